The van der Waals surface area contributed by atoms with E-state index in [0.29, 0.717) is 19.3 Å². The van der Waals surface area contributed by atoms with Crippen LogP contribution in [0.1, 0.15) is 112 Å². The summed E-state index contributed by atoms with van der Waals surface area (Å²) in [5.41, 5.74) is 16.7. The molecule has 0 rings (SSSR count). The van der Waals surface area contributed by atoms with E-state index in [-0.39, 0.29) is 32.4 Å². The first-order chi connectivity index (χ1) is 37.3. The lowest BCUT2D eigenvalue weighted by Crippen LogP contribution is -2.61. The van der Waals surface area contributed by atoms with Gasteiger partial charge in [-0.25, -0.2) is 4.79 Å². The maximum Gasteiger partial charge on any atom is 0.326 e. The van der Waals surface area contributed by atoms with Crippen LogP contribution in [-0.4, -0.2) is 199 Å². The van der Waals surface area contributed by atoms with Crippen molar-refractivity contribution in [3.8, 4) is 0 Å². The number of aliphatic carboxylic acids is 5. The molecule has 0 aliphatic rings. The van der Waals surface area contributed by atoms with Crippen molar-refractivity contribution in [1.29, 1.82) is 5.41 Å². The molecule has 0 aromatic heterocycles. The van der Waals surface area contributed by atoms with E-state index in [1.165, 1.54) is 0 Å². The van der Waals surface area contributed by atoms with Crippen LogP contribution in [0.15, 0.2) is 0 Å². The summed E-state index contributed by atoms with van der Waals surface area (Å²) in [4.78, 5) is 179. The number of carbonyl (C=O) groups is 14. The molecule has 0 bridgehead atoms. The van der Waals surface area contributed by atoms with Crippen LogP contribution in [0.2, 0.25) is 0 Å². The van der Waals surface area contributed by atoms with Crippen LogP contribution in [-0.2, 0) is 67.1 Å². The Morgan fingerprint density at radius 2 is 0.838 bits per heavy atom. The largest absolute Gasteiger partial charge is 0.481 e. The highest BCUT2D eigenvalue weighted by molar-refractivity contribution is 5.99. The summed E-state index contributed by atoms with van der Waals surface area (Å²) in [5.74, 6) is -19.2. The van der Waals surface area contributed by atoms with E-state index in [2.05, 4.69) is 53.2 Å². The van der Waals surface area contributed by atoms with Crippen molar-refractivity contribution in [2.24, 2.45) is 23.1 Å². The lowest BCUT2D eigenvalue weighted by molar-refractivity contribution is -0.143. The number of nitrogens with one attached hydrogen (secondary N) is 11. The summed E-state index contributed by atoms with van der Waals surface area (Å²) in [6, 6.07) is -16.9. The minimum absolute atomic E-state index is 0.0315. The van der Waals surface area contributed by atoms with E-state index >= 15 is 0 Å². The van der Waals surface area contributed by atoms with Gasteiger partial charge >= 0.3 is 29.8 Å². The van der Waals surface area contributed by atoms with Gasteiger partial charge in [0.15, 0.2) is 5.96 Å². The van der Waals surface area contributed by atoms with Crippen molar-refractivity contribution < 1.29 is 97.8 Å². The van der Waals surface area contributed by atoms with Gasteiger partial charge in [0.2, 0.25) is 53.2 Å². The number of rotatable bonds is 40. The molecule has 0 aromatic rings. The Bertz CT molecular complexity index is 2220. The Morgan fingerprint density at radius 3 is 1.23 bits per heavy atom. The zero-order valence-electron chi connectivity index (χ0n) is 45.0. The molecule has 0 aliphatic carbocycles. The van der Waals surface area contributed by atoms with E-state index in [1.807, 2.05) is 0 Å². The van der Waals surface area contributed by atoms with Crippen molar-refractivity contribution >= 4 is 89.0 Å². The highest BCUT2D eigenvalue weighted by Crippen LogP contribution is 2.10. The van der Waals surface area contributed by atoms with Crippen LogP contribution in [0.5, 0.6) is 0 Å². The molecule has 0 saturated heterocycles. The van der Waals surface area contributed by atoms with E-state index in [9.17, 15) is 97.8 Å². The first-order valence-corrected chi connectivity index (χ1v) is 25.3. The van der Waals surface area contributed by atoms with Crippen molar-refractivity contribution in [2.75, 3.05) is 13.1 Å². The molecule has 23 N–H and O–H groups in total. The van der Waals surface area contributed by atoms with Crippen LogP contribution < -0.4 is 70.4 Å². The first kappa shape index (κ1) is 71.7. The van der Waals surface area contributed by atoms with Gasteiger partial charge < -0.3 is 101 Å². The minimum atomic E-state index is -2.10. The molecule has 34 nitrogen and oxygen atoms in total. The van der Waals surface area contributed by atoms with E-state index in [0.717, 1.165) is 20.8 Å². The van der Waals surface area contributed by atoms with Crippen molar-refractivity contribution in [2.45, 2.75) is 178 Å². The molecule has 12 atom stereocenters. The zero-order chi connectivity index (χ0) is 61.6. The Morgan fingerprint density at radius 1 is 0.463 bits per heavy atom. The average Bonchev–Trinajstić information content (AvgIpc) is 3.36. The van der Waals surface area contributed by atoms with Crippen LogP contribution >= 0.6 is 0 Å². The SMILES string of the molecule is CC[C@H](C)[C@H](N)C(=O)N[C@@H](CC(=O)O)C(=O)N[C@@H](CCC(=O)O)C(=O)N[C@@H](C)C(=O)N[C@@H](CC(=O)O)C(=O)N[C@@H](CCC(=O)O)C(=O)N[C@@H](CCCNC(=N)N)C(=O)N[C@@H](C)C(=O)N[C@H](C(=O)N[C@@H](CCCCN)C(=O)O)[C@@H](C)O. The predicted octanol–water partition coefficient (Wildman–Crippen LogP) is -6.70. The number of amides is 9. The molecule has 0 aliphatic heterocycles. The van der Waals surface area contributed by atoms with Crippen LogP contribution in [0.4, 0.5) is 0 Å². The van der Waals surface area contributed by atoms with Crippen LogP contribution in [0, 0.1) is 11.3 Å². The maximum absolute atomic E-state index is 13.9. The molecule has 80 heavy (non-hydrogen) atoms. The zero-order valence-corrected chi connectivity index (χ0v) is 45.0. The molecule has 0 aromatic carbocycles. The Labute approximate surface area is 458 Å². The van der Waals surface area contributed by atoms with E-state index in [4.69, 9.17) is 22.6 Å². The van der Waals surface area contributed by atoms with Gasteiger partial charge in [0.25, 0.3) is 0 Å². The number of aliphatic hydroxyl groups excluding tert-OH is 1. The molecular weight excluding hydrogens is 1070 g/mol. The number of guanidine groups is 1. The second-order valence-electron chi connectivity index (χ2n) is 18.6. The van der Waals surface area contributed by atoms with Gasteiger partial charge in [-0.1, -0.05) is 20.3 Å². The highest BCUT2D eigenvalue weighted by atomic mass is 16.4. The number of hydrogen-bond donors (Lipinski definition) is 20. The topological polar surface area (TPSA) is 583 Å². The quantitative estimate of drug-likeness (QED) is 0.0154. The number of carboxylic acid groups (broad SMARTS) is 5. The number of unbranched alkanes of at least 4 members (excludes halogenated alkanes) is 1. The van der Waals surface area contributed by atoms with Crippen molar-refractivity contribution in [1.82, 2.24) is 53.2 Å². The maximum atomic E-state index is 13.9. The monoisotopic (exact) mass is 1150 g/mol. The number of hydrogen-bond acceptors (Lipinski definition) is 18. The van der Waals surface area contributed by atoms with Gasteiger partial charge in [-0.3, -0.25) is 67.7 Å². The fraction of sp³-hybridized carbons (Fsp3) is 0.674. The summed E-state index contributed by atoms with van der Waals surface area (Å²) in [6.07, 6.45) is -5.98. The van der Waals surface area contributed by atoms with Gasteiger partial charge in [-0.15, -0.1) is 0 Å². The third-order valence-corrected chi connectivity index (χ3v) is 11.9. The van der Waals surface area contributed by atoms with Gasteiger partial charge in [-0.05, 0) is 78.2 Å². The second kappa shape index (κ2) is 36.8. The van der Waals surface area contributed by atoms with Gasteiger partial charge in [0.05, 0.1) is 25.0 Å². The minimum Gasteiger partial charge on any atom is -0.481 e. The Balaban J connectivity index is 6.59. The molecule has 0 heterocycles. The molecule has 0 radical (unpaired) electrons. The van der Waals surface area contributed by atoms with Gasteiger partial charge in [0, 0.05) is 19.4 Å². The van der Waals surface area contributed by atoms with Gasteiger partial charge in [0.1, 0.15) is 54.4 Å². The van der Waals surface area contributed by atoms with Crippen molar-refractivity contribution in [3.63, 3.8) is 0 Å². The molecule has 34 heteroatoms. The molecule has 0 fully saturated rings. The summed E-state index contributed by atoms with van der Waals surface area (Å²) in [6.45, 7) is 6.79. The second-order valence-corrected chi connectivity index (χ2v) is 18.6. The summed E-state index contributed by atoms with van der Waals surface area (Å²) >= 11 is 0. The molecular formula is C46H78N14O20. The standard InChI is InChI=1S/C46H78N14O20/c1-6-20(2)34(48)43(77)59-29(19-33(68)69)42(76)55-25(12-14-30(62)63)39(73)52-21(3)36(70)58-28(18-32(66)67)41(75)56-26(13-15-31(64)65)40(74)54-24(11-9-17-51-46(49)50)38(72)53-22(4)37(71)60-35(23(5)61)44(78)57-27(45(79)80)10-7-8-16-47/h20-29,34-35,61H,6-19,47-48H2,1-5H3,(H,52,73)(H,53,72)(H,54,74)(H,55,76)(H,56,75)(H,57,78)(H,58,70)(H,59,77)(H,60,71)(H,62,63)(H,64,65)(H,66,67)(H,68,69)(H,79,80)(H4,49,50,51)/t20-,21-,22-,23+,24-,25-,26-,27-,28-,29-,34-,35-/m0/s1. The Kier molecular flexibility index (Phi) is 33.0. The lowest BCUT2D eigenvalue weighted by atomic mass is 9.99. The Hall–Kier alpha value is -8.27. The van der Waals surface area contributed by atoms with E-state index in [1.54, 1.807) is 13.8 Å². The molecule has 452 valence electrons. The normalized spacial score (nSPS) is 15.4. The number of aliphatic hydroxyl groups is 1. The molecule has 0 spiro atoms. The average molecular weight is 1150 g/mol. The number of carboxylic acids is 5. The van der Waals surface area contributed by atoms with Crippen LogP contribution in [0.3, 0.4) is 0 Å². The van der Waals surface area contributed by atoms with Crippen LogP contribution in [0.25, 0.3) is 0 Å². The van der Waals surface area contributed by atoms with Crippen molar-refractivity contribution in [3.05, 3.63) is 0 Å². The third-order valence-electron chi connectivity index (χ3n) is 11.9. The number of carbonyl (C=O) groups excluding carboxylic acids is 9. The fourth-order valence-electron chi connectivity index (χ4n) is 6.99. The van der Waals surface area contributed by atoms with E-state index < -0.39 is 200 Å². The number of nitrogens with two attached hydrogens (primary N) is 3. The predicted molar refractivity (Wildman–Crippen MR) is 276 cm³/mol. The lowest BCUT2D eigenvalue weighted by Gasteiger charge is -2.27. The highest BCUT2D eigenvalue weighted by Gasteiger charge is 2.36. The molecule has 9 amide bonds. The summed E-state index contributed by atoms with van der Waals surface area (Å²) in [7, 11) is 0. The first-order valence-electron chi connectivity index (χ1n) is 25.3. The molecule has 0 unspecified atom stereocenters. The summed E-state index contributed by atoms with van der Waals surface area (Å²) < 4.78 is 0. The summed E-state index contributed by atoms with van der Waals surface area (Å²) in [5, 5.41) is 87.4. The van der Waals surface area contributed by atoms with Gasteiger partial charge in [-0.2, -0.15) is 0 Å². The molecule has 0 saturated carbocycles. The smallest absolute Gasteiger partial charge is 0.326 e. The fourth-order valence-corrected chi connectivity index (χ4v) is 6.99. The third kappa shape index (κ3) is 28.4.